The minimum atomic E-state index is -1.54. The lowest BCUT2D eigenvalue weighted by molar-refractivity contribution is -0.164. The molecule has 1 aromatic rings. The zero-order chi connectivity index (χ0) is 14.8. The summed E-state index contributed by atoms with van der Waals surface area (Å²) in [7, 11) is 3.00. The number of carboxylic acid groups (broad SMARTS) is 1. The topological polar surface area (TPSA) is 76.0 Å². The van der Waals surface area contributed by atoms with Gasteiger partial charge in [0.05, 0.1) is 19.6 Å². The maximum absolute atomic E-state index is 11.3. The molecule has 0 saturated heterocycles. The van der Waals surface area contributed by atoms with Gasteiger partial charge in [0.1, 0.15) is 5.60 Å². The van der Waals surface area contributed by atoms with E-state index in [0.717, 1.165) is 0 Å². The van der Waals surface area contributed by atoms with Gasteiger partial charge in [-0.2, -0.15) is 0 Å². The van der Waals surface area contributed by atoms with Crippen molar-refractivity contribution in [2.45, 2.75) is 26.4 Å². The van der Waals surface area contributed by atoms with Crippen LogP contribution in [0.5, 0.6) is 11.5 Å². The summed E-state index contributed by atoms with van der Waals surface area (Å²) in [6.07, 6.45) is 0. The number of hydrogen-bond donors (Lipinski definition) is 2. The van der Waals surface area contributed by atoms with E-state index in [9.17, 15) is 15.0 Å². The van der Waals surface area contributed by atoms with Crippen molar-refractivity contribution in [1.29, 1.82) is 0 Å². The highest BCUT2D eigenvalue weighted by atomic mass is 16.5. The number of hydrogen-bond acceptors (Lipinski definition) is 4. The molecule has 0 aromatic heterocycles. The first-order chi connectivity index (χ1) is 8.68. The van der Waals surface area contributed by atoms with Crippen molar-refractivity contribution in [1.82, 2.24) is 0 Å². The Labute approximate surface area is 112 Å². The zero-order valence-electron chi connectivity index (χ0n) is 11.9. The first kappa shape index (κ1) is 15.3. The first-order valence-electron chi connectivity index (χ1n) is 5.86. The number of aliphatic hydroxyl groups is 1. The van der Waals surface area contributed by atoms with E-state index in [4.69, 9.17) is 9.47 Å². The third kappa shape index (κ3) is 2.51. The number of rotatable bonds is 5. The van der Waals surface area contributed by atoms with Crippen molar-refractivity contribution in [2.75, 3.05) is 14.2 Å². The van der Waals surface area contributed by atoms with Gasteiger partial charge in [-0.3, -0.25) is 4.79 Å². The molecule has 19 heavy (non-hydrogen) atoms. The van der Waals surface area contributed by atoms with Crippen LogP contribution >= 0.6 is 0 Å². The number of aliphatic carboxylic acids is 1. The third-order valence-corrected chi connectivity index (χ3v) is 3.70. The summed E-state index contributed by atoms with van der Waals surface area (Å²) in [5.74, 6) is -0.107. The lowest BCUT2D eigenvalue weighted by Crippen LogP contribution is -2.45. The van der Waals surface area contributed by atoms with Crippen molar-refractivity contribution in [3.63, 3.8) is 0 Å². The third-order valence-electron chi connectivity index (χ3n) is 3.70. The molecular weight excluding hydrogens is 248 g/mol. The Kier molecular flexibility index (Phi) is 4.10. The Morgan fingerprint density at radius 1 is 1.11 bits per heavy atom. The molecule has 0 saturated carbocycles. The van der Waals surface area contributed by atoms with Crippen LogP contribution in [0, 0.1) is 5.41 Å². The normalized spacial score (nSPS) is 14.6. The second kappa shape index (κ2) is 5.09. The maximum Gasteiger partial charge on any atom is 0.312 e. The summed E-state index contributed by atoms with van der Waals surface area (Å²) >= 11 is 0. The Bertz CT molecular complexity index is 477. The summed E-state index contributed by atoms with van der Waals surface area (Å²) in [5, 5.41) is 19.8. The number of carbonyl (C=O) groups is 1. The van der Waals surface area contributed by atoms with Crippen LogP contribution in [0.1, 0.15) is 26.3 Å². The fourth-order valence-corrected chi connectivity index (χ4v) is 1.71. The molecule has 1 aromatic carbocycles. The van der Waals surface area contributed by atoms with Crippen LogP contribution in [0.3, 0.4) is 0 Å². The van der Waals surface area contributed by atoms with E-state index in [-0.39, 0.29) is 0 Å². The second-order valence-corrected chi connectivity index (χ2v) is 5.07. The van der Waals surface area contributed by atoms with Gasteiger partial charge in [-0.15, -0.1) is 0 Å². The SMILES string of the molecule is COc1ccc(C(C)(O)C(C)(C)C(=O)O)cc1OC. The van der Waals surface area contributed by atoms with Crippen molar-refractivity contribution >= 4 is 5.97 Å². The van der Waals surface area contributed by atoms with E-state index < -0.39 is 17.0 Å². The van der Waals surface area contributed by atoms with Crippen LogP contribution in [-0.2, 0) is 10.4 Å². The summed E-state index contributed by atoms with van der Waals surface area (Å²) in [5.41, 5.74) is -2.43. The molecule has 0 fully saturated rings. The van der Waals surface area contributed by atoms with Crippen LogP contribution in [0.15, 0.2) is 18.2 Å². The Morgan fingerprint density at radius 2 is 1.63 bits per heavy atom. The molecule has 0 amide bonds. The quantitative estimate of drug-likeness (QED) is 0.854. The van der Waals surface area contributed by atoms with Gasteiger partial charge in [-0.25, -0.2) is 0 Å². The van der Waals surface area contributed by atoms with Crippen molar-refractivity contribution < 1.29 is 24.5 Å². The minimum Gasteiger partial charge on any atom is -0.493 e. The second-order valence-electron chi connectivity index (χ2n) is 5.07. The highest BCUT2D eigenvalue weighted by Crippen LogP contribution is 2.42. The molecule has 2 N–H and O–H groups in total. The monoisotopic (exact) mass is 268 g/mol. The van der Waals surface area contributed by atoms with E-state index in [1.165, 1.54) is 35.0 Å². The Balaban J connectivity index is 3.33. The van der Waals surface area contributed by atoms with Crippen LogP contribution in [0.4, 0.5) is 0 Å². The highest BCUT2D eigenvalue weighted by molar-refractivity contribution is 5.75. The average Bonchev–Trinajstić information content (AvgIpc) is 2.37. The van der Waals surface area contributed by atoms with Crippen molar-refractivity contribution in [2.24, 2.45) is 5.41 Å². The molecule has 0 bridgehead atoms. The predicted octanol–water partition coefficient (Wildman–Crippen LogP) is 2.02. The van der Waals surface area contributed by atoms with Crippen molar-refractivity contribution in [3.05, 3.63) is 23.8 Å². The molecule has 0 heterocycles. The number of methoxy groups -OCH3 is 2. The van der Waals surface area contributed by atoms with Gasteiger partial charge in [-0.1, -0.05) is 6.07 Å². The summed E-state index contributed by atoms with van der Waals surface area (Å²) in [6.45, 7) is 4.43. The largest absolute Gasteiger partial charge is 0.493 e. The minimum absolute atomic E-state index is 0.446. The predicted molar refractivity (Wildman–Crippen MR) is 70.5 cm³/mol. The van der Waals surface area contributed by atoms with Gasteiger partial charge in [0.2, 0.25) is 0 Å². The maximum atomic E-state index is 11.3. The summed E-state index contributed by atoms with van der Waals surface area (Å²) < 4.78 is 10.3. The van der Waals surface area contributed by atoms with E-state index in [2.05, 4.69) is 0 Å². The fourth-order valence-electron chi connectivity index (χ4n) is 1.71. The van der Waals surface area contributed by atoms with E-state index in [1.54, 1.807) is 18.2 Å². The standard InChI is InChI=1S/C14H20O5/c1-13(2,12(15)16)14(3,17)9-6-7-10(18-4)11(8-9)19-5/h6-8,17H,1-5H3,(H,15,16). The van der Waals surface area contributed by atoms with Crippen LogP contribution < -0.4 is 9.47 Å². The molecule has 1 unspecified atom stereocenters. The van der Waals surface area contributed by atoms with Gasteiger partial charge in [0.25, 0.3) is 0 Å². The zero-order valence-corrected chi connectivity index (χ0v) is 11.9. The fraction of sp³-hybridized carbons (Fsp3) is 0.500. The molecule has 0 aliphatic rings. The molecule has 5 nitrogen and oxygen atoms in total. The first-order valence-corrected chi connectivity index (χ1v) is 5.86. The summed E-state index contributed by atoms with van der Waals surface area (Å²) in [4.78, 5) is 11.3. The molecule has 1 atom stereocenters. The van der Waals surface area contributed by atoms with Gasteiger partial charge in [0.15, 0.2) is 11.5 Å². The van der Waals surface area contributed by atoms with Gasteiger partial charge >= 0.3 is 5.97 Å². The van der Waals surface area contributed by atoms with E-state index in [1.807, 2.05) is 0 Å². The van der Waals surface area contributed by atoms with Crippen molar-refractivity contribution in [3.8, 4) is 11.5 Å². The van der Waals surface area contributed by atoms with Gasteiger partial charge in [0, 0.05) is 0 Å². The van der Waals surface area contributed by atoms with E-state index in [0.29, 0.717) is 17.1 Å². The van der Waals surface area contributed by atoms with Crippen LogP contribution in [0.2, 0.25) is 0 Å². The smallest absolute Gasteiger partial charge is 0.312 e. The van der Waals surface area contributed by atoms with Gasteiger partial charge < -0.3 is 19.7 Å². The number of carboxylic acids is 1. The van der Waals surface area contributed by atoms with Crippen LogP contribution in [-0.4, -0.2) is 30.4 Å². The molecule has 0 aliphatic heterocycles. The molecule has 1 rings (SSSR count). The Morgan fingerprint density at radius 3 is 2.05 bits per heavy atom. The van der Waals surface area contributed by atoms with Crippen LogP contribution in [0.25, 0.3) is 0 Å². The lowest BCUT2D eigenvalue weighted by atomic mass is 9.72. The Hall–Kier alpha value is -1.75. The molecule has 0 aliphatic carbocycles. The molecule has 0 radical (unpaired) electrons. The number of benzene rings is 1. The molecular formula is C14H20O5. The molecule has 106 valence electrons. The van der Waals surface area contributed by atoms with E-state index >= 15 is 0 Å². The average molecular weight is 268 g/mol. The number of ether oxygens (including phenoxy) is 2. The molecule has 0 spiro atoms. The summed E-state index contributed by atoms with van der Waals surface area (Å²) in [6, 6.07) is 4.86. The molecule has 5 heteroatoms. The lowest BCUT2D eigenvalue weighted by Gasteiger charge is -2.37. The highest BCUT2D eigenvalue weighted by Gasteiger charge is 2.47. The van der Waals surface area contributed by atoms with Gasteiger partial charge in [-0.05, 0) is 38.5 Å².